The Labute approximate surface area is 239 Å². The summed E-state index contributed by atoms with van der Waals surface area (Å²) < 4.78 is 35.9. The molecule has 1 N–H and O–H groups in total. The predicted octanol–water partition coefficient (Wildman–Crippen LogP) is 4.12. The summed E-state index contributed by atoms with van der Waals surface area (Å²) in [6.07, 6.45) is 1.52. The third kappa shape index (κ3) is 3.39. The molecule has 1 aromatic heterocycles. The number of ether oxygens (including phenoxy) is 3. The lowest BCUT2D eigenvalue weighted by molar-refractivity contribution is -0.138. The van der Waals surface area contributed by atoms with Crippen LogP contribution in [0.5, 0.6) is 17.2 Å². The third-order valence-corrected chi connectivity index (χ3v) is 9.96. The van der Waals surface area contributed by atoms with E-state index < -0.39 is 27.9 Å². The average Bonchev–Trinajstić information content (AvgIpc) is 3.68. The quantitative estimate of drug-likeness (QED) is 0.430. The molecule has 0 unspecified atom stereocenters. The van der Waals surface area contributed by atoms with E-state index in [1.165, 1.54) is 50.7 Å². The Morgan fingerprint density at radius 3 is 2.48 bits per heavy atom. The van der Waals surface area contributed by atoms with Crippen molar-refractivity contribution < 1.29 is 32.6 Å². The molecule has 3 aromatic rings. The number of methoxy groups -OCH3 is 3. The molecule has 12 heteroatoms. The third-order valence-electron chi connectivity index (χ3n) is 8.02. The molecule has 6 rings (SSSR count). The highest BCUT2D eigenvalue weighted by molar-refractivity contribution is 8.25. The smallest absolute Gasteiger partial charge is 0.251 e. The van der Waals surface area contributed by atoms with Gasteiger partial charge in [-0.1, -0.05) is 24.0 Å². The summed E-state index contributed by atoms with van der Waals surface area (Å²) in [4.78, 5) is 32.3. The van der Waals surface area contributed by atoms with E-state index in [0.29, 0.717) is 44.1 Å². The molecular formula is C28H26FN3O6S2. The first-order valence-electron chi connectivity index (χ1n) is 12.4. The monoisotopic (exact) mass is 583 g/mol. The topological polar surface area (TPSA) is 93.5 Å². The van der Waals surface area contributed by atoms with Gasteiger partial charge in [-0.25, -0.2) is 4.39 Å². The van der Waals surface area contributed by atoms with E-state index in [2.05, 4.69) is 5.32 Å². The van der Waals surface area contributed by atoms with Crippen LogP contribution in [0.2, 0.25) is 0 Å². The number of hydrogen-bond acceptors (Lipinski definition) is 9. The van der Waals surface area contributed by atoms with E-state index in [0.717, 1.165) is 11.8 Å². The molecule has 0 radical (unpaired) electrons. The van der Waals surface area contributed by atoms with Gasteiger partial charge in [0.1, 0.15) is 20.6 Å². The van der Waals surface area contributed by atoms with Crippen molar-refractivity contribution in [3.63, 3.8) is 0 Å². The Bertz CT molecular complexity index is 1520. The van der Waals surface area contributed by atoms with Gasteiger partial charge < -0.3 is 23.9 Å². The average molecular weight is 584 g/mol. The molecular weight excluding hydrogens is 557 g/mol. The number of likely N-dealkylation sites (tertiary alicyclic amines) is 1. The summed E-state index contributed by atoms with van der Waals surface area (Å²) in [6.45, 7) is 0.372. The van der Waals surface area contributed by atoms with E-state index in [1.54, 1.807) is 31.3 Å². The number of carbonyl (C=O) groups excluding carboxylic acids is 2. The van der Waals surface area contributed by atoms with Crippen LogP contribution in [0.1, 0.15) is 22.8 Å². The van der Waals surface area contributed by atoms with Crippen LogP contribution in [0.25, 0.3) is 0 Å². The molecule has 2 fully saturated rings. The number of anilines is 1. The van der Waals surface area contributed by atoms with Crippen molar-refractivity contribution in [2.75, 3.05) is 40.2 Å². The minimum atomic E-state index is -1.57. The van der Waals surface area contributed by atoms with Crippen molar-refractivity contribution in [3.05, 3.63) is 71.4 Å². The van der Waals surface area contributed by atoms with Gasteiger partial charge in [0.25, 0.3) is 5.91 Å². The molecule has 9 nitrogen and oxygen atoms in total. The molecule has 2 spiro atoms. The van der Waals surface area contributed by atoms with E-state index >= 15 is 0 Å². The van der Waals surface area contributed by atoms with Gasteiger partial charge in [-0.15, -0.1) is 0 Å². The van der Waals surface area contributed by atoms with Crippen molar-refractivity contribution >= 4 is 45.8 Å². The first kappa shape index (κ1) is 26.6. The minimum Gasteiger partial charge on any atom is -0.493 e. The van der Waals surface area contributed by atoms with Gasteiger partial charge in [0.15, 0.2) is 17.0 Å². The lowest BCUT2D eigenvalue weighted by Crippen LogP contribution is -2.61. The van der Waals surface area contributed by atoms with Gasteiger partial charge in [0.2, 0.25) is 11.7 Å². The molecule has 3 aliphatic heterocycles. The number of nitrogens with zero attached hydrogens (tertiary/aromatic N) is 2. The summed E-state index contributed by atoms with van der Waals surface area (Å²) in [5, 5.41) is 2.91. The number of amides is 2. The highest BCUT2D eigenvalue weighted by atomic mass is 32.2. The number of thioether (sulfide) groups is 1. The van der Waals surface area contributed by atoms with E-state index in [9.17, 15) is 14.0 Å². The maximum Gasteiger partial charge on any atom is 0.251 e. The molecule has 40 heavy (non-hydrogen) atoms. The number of likely N-dealkylation sites (N-methyl/N-ethyl adjacent to an activating group) is 1. The molecule has 0 aliphatic carbocycles. The van der Waals surface area contributed by atoms with Crippen LogP contribution in [0.3, 0.4) is 0 Å². The number of fused-ring (bicyclic) bond motifs is 3. The van der Waals surface area contributed by atoms with Crippen LogP contribution in [0.4, 0.5) is 10.1 Å². The van der Waals surface area contributed by atoms with Gasteiger partial charge in [-0.2, -0.15) is 0 Å². The van der Waals surface area contributed by atoms with E-state index in [-0.39, 0.29) is 19.0 Å². The highest BCUT2D eigenvalue weighted by Crippen LogP contribution is 2.66. The molecule has 2 saturated heterocycles. The Kier molecular flexibility index (Phi) is 6.32. The zero-order chi connectivity index (χ0) is 28.4. The van der Waals surface area contributed by atoms with Crippen LogP contribution >= 0.6 is 24.0 Å². The Balaban J connectivity index is 1.61. The molecule has 208 valence electrons. The number of nitrogens with one attached hydrogen (secondary N) is 1. The van der Waals surface area contributed by atoms with Crippen LogP contribution < -0.4 is 19.5 Å². The fourth-order valence-corrected chi connectivity index (χ4v) is 8.52. The number of hydrogen-bond donors (Lipinski definition) is 1. The van der Waals surface area contributed by atoms with Crippen LogP contribution in [0, 0.1) is 5.82 Å². The van der Waals surface area contributed by atoms with Crippen LogP contribution in [0.15, 0.2) is 53.1 Å². The van der Waals surface area contributed by atoms with Crippen molar-refractivity contribution in [3.8, 4) is 17.2 Å². The zero-order valence-electron chi connectivity index (χ0n) is 22.1. The summed E-state index contributed by atoms with van der Waals surface area (Å²) in [6, 6.07) is 11.2. The Hall–Kier alpha value is -3.61. The fraction of sp³-hybridized carbons (Fsp3) is 0.321. The highest BCUT2D eigenvalue weighted by Gasteiger charge is 2.77. The summed E-state index contributed by atoms with van der Waals surface area (Å²) in [5.74, 6) is -0.145. The second-order valence-corrected chi connectivity index (χ2v) is 11.7. The van der Waals surface area contributed by atoms with Crippen molar-refractivity contribution in [1.82, 2.24) is 9.80 Å². The fourth-order valence-electron chi connectivity index (χ4n) is 6.39. The molecule has 2 aromatic carbocycles. The van der Waals surface area contributed by atoms with E-state index in [4.69, 9.17) is 30.8 Å². The molecule has 2 amide bonds. The number of thiocarbonyl (C=S) groups is 1. The largest absolute Gasteiger partial charge is 0.493 e. The standard InChI is InChI=1S/C28H26FN3O6S2/c1-31-14-19(15-10-21(35-2)23(37-4)22(11-15)36-3)28(25(34)32(26(39)40-28)13-17-6-5-9-38-17)27(31)18-12-16(29)7-8-20(18)30-24(27)33/h5-12,19H,13-14H2,1-4H3,(H,30,33)/t19-,27+,28+/m0/s1. The van der Waals surface area contributed by atoms with Crippen molar-refractivity contribution in [1.29, 1.82) is 0 Å². The van der Waals surface area contributed by atoms with E-state index in [1.807, 2.05) is 4.90 Å². The number of carbonyl (C=O) groups is 2. The minimum absolute atomic E-state index is 0.0960. The predicted molar refractivity (Wildman–Crippen MR) is 150 cm³/mol. The number of rotatable bonds is 6. The molecule has 0 saturated carbocycles. The lowest BCUT2D eigenvalue weighted by Gasteiger charge is -2.41. The van der Waals surface area contributed by atoms with Crippen molar-refractivity contribution in [2.45, 2.75) is 22.7 Å². The van der Waals surface area contributed by atoms with Crippen LogP contribution in [-0.2, 0) is 21.7 Å². The van der Waals surface area contributed by atoms with Crippen molar-refractivity contribution in [2.24, 2.45) is 0 Å². The molecule has 0 bridgehead atoms. The van der Waals surface area contributed by atoms with Gasteiger partial charge in [0, 0.05) is 23.7 Å². The SMILES string of the molecule is COc1cc([C@@H]2CN(C)[C@]3(C(=O)Nc4ccc(F)cc43)[C@@]23SC(=S)N(Cc2ccco2)C3=O)cc(OC)c1OC. The number of benzene rings is 2. The van der Waals surface area contributed by atoms with Gasteiger partial charge >= 0.3 is 0 Å². The second kappa shape index (κ2) is 9.50. The van der Waals surface area contributed by atoms with Gasteiger partial charge in [0.05, 0.1) is 34.1 Å². The van der Waals surface area contributed by atoms with Gasteiger partial charge in [-0.3, -0.25) is 19.4 Å². The summed E-state index contributed by atoms with van der Waals surface area (Å²) in [5.41, 5.74) is -0.0519. The number of furan rings is 1. The second-order valence-electron chi connectivity index (χ2n) is 9.82. The van der Waals surface area contributed by atoms with Gasteiger partial charge in [-0.05, 0) is 55.1 Å². The first-order valence-corrected chi connectivity index (χ1v) is 13.6. The Morgan fingerprint density at radius 1 is 1.12 bits per heavy atom. The molecule has 4 heterocycles. The molecule has 3 aliphatic rings. The normalized spacial score (nSPS) is 25.7. The lowest BCUT2D eigenvalue weighted by atomic mass is 9.72. The maximum atomic E-state index is 14.8. The zero-order valence-corrected chi connectivity index (χ0v) is 23.8. The summed E-state index contributed by atoms with van der Waals surface area (Å²) in [7, 11) is 6.30. The first-order chi connectivity index (χ1) is 19.2. The number of halogens is 1. The maximum absolute atomic E-state index is 14.8. The Morgan fingerprint density at radius 2 is 1.85 bits per heavy atom. The molecule has 3 atom stereocenters. The van der Waals surface area contributed by atoms with Crippen LogP contribution in [-0.4, -0.2) is 65.6 Å². The summed E-state index contributed by atoms with van der Waals surface area (Å²) >= 11 is 6.95.